The fourth-order valence-electron chi connectivity index (χ4n) is 6.28. The minimum Gasteiger partial charge on any atom is -1.00 e. The molecule has 272 valence electrons. The third-order valence-corrected chi connectivity index (χ3v) is 82.6. The first-order valence-electron chi connectivity index (χ1n) is 16.9. The summed E-state index contributed by atoms with van der Waals surface area (Å²) in [6.45, 7) is 7.13. The first kappa shape index (κ1) is 45.6. The van der Waals surface area contributed by atoms with Crippen molar-refractivity contribution in [1.82, 2.24) is 0 Å². The summed E-state index contributed by atoms with van der Waals surface area (Å²) in [4.78, 5) is 0. The van der Waals surface area contributed by atoms with Crippen molar-refractivity contribution in [1.29, 1.82) is 0 Å². The van der Waals surface area contributed by atoms with Crippen LogP contribution in [0.4, 0.5) is 0 Å². The van der Waals surface area contributed by atoms with Crippen LogP contribution in [0.3, 0.4) is 0 Å². The van der Waals surface area contributed by atoms with Crippen molar-refractivity contribution in [2.45, 2.75) is 20.8 Å². The molecule has 0 aliphatic carbocycles. The van der Waals surface area contributed by atoms with Crippen LogP contribution in [0.2, 0.25) is 0 Å². The van der Waals surface area contributed by atoms with E-state index in [2.05, 4.69) is 20.8 Å². The van der Waals surface area contributed by atoms with Crippen LogP contribution in [-0.4, -0.2) is 33.3 Å². The molecule has 11 heteroatoms. The minimum atomic E-state index is -4.05. The second kappa shape index (κ2) is 20.5. The van der Waals surface area contributed by atoms with Gasteiger partial charge in [0.2, 0.25) is 0 Å². The van der Waals surface area contributed by atoms with E-state index < -0.39 is 33.6 Å². The summed E-state index contributed by atoms with van der Waals surface area (Å²) in [6.07, 6.45) is 0. The van der Waals surface area contributed by atoms with E-state index >= 15 is 13.7 Å². The maximum absolute atomic E-state index is 16.5. The molecule has 0 unspecified atom stereocenters. The molecule has 0 atom stereocenters. The van der Waals surface area contributed by atoms with Crippen molar-refractivity contribution >= 4 is 86.6 Å². The molecule has 0 saturated heterocycles. The van der Waals surface area contributed by atoms with Crippen molar-refractivity contribution in [2.24, 2.45) is 0 Å². The van der Waals surface area contributed by atoms with Crippen LogP contribution in [0.25, 0.3) is 0 Å². The van der Waals surface area contributed by atoms with E-state index in [0.29, 0.717) is 31.8 Å². The SMILES string of the molecule is C[C]1=[Bi][Bi]([Zr+3])[C](C)=C1C.O=P(c1ccccc1)(c1ccccc1)[C-](P(=O)(c1ccccc1)c1ccccc1)P(=O)(c1ccccc1)c1ccccc1.[Cl-].[Cl-]. The molecule has 0 amide bonds. The largest absolute Gasteiger partial charge is 1.00 e. The van der Waals surface area contributed by atoms with Crippen molar-refractivity contribution in [3.05, 3.63) is 196 Å². The zero-order chi connectivity index (χ0) is 36.8. The van der Waals surface area contributed by atoms with Gasteiger partial charge in [-0.05, 0) is 31.8 Å². The number of hydrogen-bond acceptors (Lipinski definition) is 3. The van der Waals surface area contributed by atoms with Crippen LogP contribution in [0.15, 0.2) is 191 Å². The summed E-state index contributed by atoms with van der Waals surface area (Å²) in [5.74, 6) is 0. The number of allylic oxidation sites excluding steroid dienone is 2. The minimum absolute atomic E-state index is 0. The second-order valence-corrected chi connectivity index (χ2v) is 93.1. The molecule has 6 aromatic rings. The summed E-state index contributed by atoms with van der Waals surface area (Å²) in [5, 5.41) is 2.96. The Bertz CT molecular complexity index is 1970. The van der Waals surface area contributed by atoms with E-state index in [1.165, 1.54) is 0 Å². The number of halogens is 2. The third kappa shape index (κ3) is 9.25. The number of benzene rings is 6. The van der Waals surface area contributed by atoms with Crippen LogP contribution in [0.5, 0.6) is 0 Å². The van der Waals surface area contributed by atoms with Gasteiger partial charge in [-0.15, -0.1) is 0 Å². The van der Waals surface area contributed by atoms with Gasteiger partial charge < -0.3 is 38.5 Å². The molecule has 0 fully saturated rings. The van der Waals surface area contributed by atoms with Crippen LogP contribution in [0, 0.1) is 5.14 Å². The van der Waals surface area contributed by atoms with E-state index in [1.54, 1.807) is 78.4 Å². The Balaban J connectivity index is 0.000000520. The standard InChI is InChI=1S/C37H30O3P3.C6H9.2Bi.2ClH.Zr/c38-41(31-19-7-1-8-20-31,32-21-9-2-10-22-32)37(42(39,33-23-11-3-12-24-33)34-25-13-4-14-26-34)43(40,35-27-15-5-16-28-35)36-29-17-6-18-30-36;1-4-6(3)5-2;;;;;/h1-30H;1-3H3;;;2*1H;/q-1;;;;;;+3/p-2. The molecular formula is C43H39Bi2Cl2O3P3Zr. The van der Waals surface area contributed by atoms with Gasteiger partial charge in [-0.25, -0.2) is 0 Å². The smallest absolute Gasteiger partial charge is 0.0277 e. The maximum atomic E-state index is 16.5. The quantitative estimate of drug-likeness (QED) is 0.127. The van der Waals surface area contributed by atoms with E-state index in [1.807, 2.05) is 136 Å². The Hall–Kier alpha value is -1.15. The number of rotatable bonds is 9. The van der Waals surface area contributed by atoms with Gasteiger partial charge in [-0.1, -0.05) is 187 Å². The molecule has 0 N–H and O–H groups in total. The van der Waals surface area contributed by atoms with Crippen LogP contribution in [-0.2, 0) is 33.6 Å². The van der Waals surface area contributed by atoms with E-state index in [4.69, 9.17) is 0 Å². The molecule has 7 rings (SSSR count). The average molecular weight is 1280 g/mol. The Morgan fingerprint density at radius 3 is 0.759 bits per heavy atom. The van der Waals surface area contributed by atoms with E-state index in [0.717, 1.165) is 0 Å². The van der Waals surface area contributed by atoms with Gasteiger partial charge in [-0.3, -0.25) is 0 Å². The van der Waals surface area contributed by atoms with Crippen molar-refractivity contribution in [3.63, 3.8) is 0 Å². The van der Waals surface area contributed by atoms with Crippen LogP contribution >= 0.6 is 21.4 Å². The molecule has 0 saturated carbocycles. The first-order valence-corrected chi connectivity index (χ1v) is 52.1. The van der Waals surface area contributed by atoms with Gasteiger partial charge in [0.1, 0.15) is 0 Å². The Morgan fingerprint density at radius 2 is 0.630 bits per heavy atom. The number of hydrogen-bond donors (Lipinski definition) is 0. The molecular weight excluding hydrogens is 1240 g/mol. The normalized spacial score (nSPS) is 13.3. The summed E-state index contributed by atoms with van der Waals surface area (Å²) in [7, 11) is -12.1. The predicted octanol–water partition coefficient (Wildman–Crippen LogP) is 2.29. The zero-order valence-electron chi connectivity index (χ0n) is 30.0. The Labute approximate surface area is 357 Å². The molecule has 0 spiro atoms. The first-order chi connectivity index (χ1) is 25.1. The monoisotopic (exact) mass is 1270 g/mol. The Morgan fingerprint density at radius 1 is 0.426 bits per heavy atom. The molecule has 3 nitrogen and oxygen atoms in total. The van der Waals surface area contributed by atoms with E-state index in [-0.39, 0.29) is 47.9 Å². The second-order valence-electron chi connectivity index (χ2n) is 12.3. The van der Waals surface area contributed by atoms with Crippen molar-refractivity contribution in [2.75, 3.05) is 0 Å². The van der Waals surface area contributed by atoms with Gasteiger partial charge in [0.25, 0.3) is 0 Å². The van der Waals surface area contributed by atoms with E-state index in [9.17, 15) is 0 Å². The molecule has 1 aliphatic heterocycles. The summed E-state index contributed by atoms with van der Waals surface area (Å²) in [6, 6.07) is 54.7. The molecule has 1 aliphatic rings. The summed E-state index contributed by atoms with van der Waals surface area (Å²) >= 11 is 1.28. The zero-order valence-corrected chi connectivity index (χ0v) is 43.6. The molecule has 0 radical (unpaired) electrons. The fourth-order valence-corrected chi connectivity index (χ4v) is 85.0. The molecule has 1 heterocycles. The van der Waals surface area contributed by atoms with Crippen LogP contribution < -0.4 is 56.6 Å². The summed E-state index contributed by atoms with van der Waals surface area (Å²) in [5.41, 5.74) is 1.74. The third-order valence-electron chi connectivity index (χ3n) is 9.22. The molecule has 54 heavy (non-hydrogen) atoms. The van der Waals surface area contributed by atoms with Gasteiger partial charge in [0, 0.05) is 21.4 Å². The molecule has 0 bridgehead atoms. The van der Waals surface area contributed by atoms with Crippen LogP contribution in [0.1, 0.15) is 20.8 Å². The summed E-state index contributed by atoms with van der Waals surface area (Å²) < 4.78 is 53.4. The topological polar surface area (TPSA) is 51.2 Å². The Kier molecular flexibility index (Phi) is 17.3. The molecule has 0 aromatic heterocycles. The van der Waals surface area contributed by atoms with Crippen molar-refractivity contribution in [3.8, 4) is 0 Å². The predicted molar refractivity (Wildman–Crippen MR) is 223 cm³/mol. The average Bonchev–Trinajstić information content (AvgIpc) is 3.44. The van der Waals surface area contributed by atoms with Gasteiger partial charge in [0.05, 0.1) is 0 Å². The fraction of sp³-hybridized carbons (Fsp3) is 0.0698. The molecule has 6 aromatic carbocycles. The van der Waals surface area contributed by atoms with Gasteiger partial charge in [0.15, 0.2) is 0 Å². The van der Waals surface area contributed by atoms with Crippen molar-refractivity contribution < 1.29 is 58.4 Å². The maximum Gasteiger partial charge on any atom is 0.0277 e. The van der Waals surface area contributed by atoms with Gasteiger partial charge in [-0.2, -0.15) is 0 Å². The van der Waals surface area contributed by atoms with Gasteiger partial charge >= 0.3 is 82.9 Å².